The van der Waals surface area contributed by atoms with Crippen molar-refractivity contribution >= 4 is 17.3 Å². The molecule has 294 valence electrons. The molecule has 0 aliphatic carbocycles. The number of nitrogens with zero attached hydrogens (tertiary/aromatic N) is 4. The van der Waals surface area contributed by atoms with Crippen LogP contribution in [0.1, 0.15) is 44.1 Å². The number of unbranched alkanes of at least 4 members (excludes halogenated alkanes) is 2. The van der Waals surface area contributed by atoms with E-state index in [2.05, 4.69) is 26.8 Å². The summed E-state index contributed by atoms with van der Waals surface area (Å²) in [6.45, 7) is 6.73. The first-order valence-corrected chi connectivity index (χ1v) is 18.8. The van der Waals surface area contributed by atoms with Gasteiger partial charge in [-0.1, -0.05) is 24.6 Å². The normalized spacial score (nSPS) is 15.3. The van der Waals surface area contributed by atoms with E-state index in [1.165, 1.54) is 0 Å². The number of methoxy groups -OCH3 is 2. The summed E-state index contributed by atoms with van der Waals surface area (Å²) in [6.07, 6.45) is 3.91. The summed E-state index contributed by atoms with van der Waals surface area (Å²) < 4.78 is 34.9. The molecule has 14 heteroatoms. The van der Waals surface area contributed by atoms with Crippen LogP contribution in [0, 0.1) is 10.1 Å². The van der Waals surface area contributed by atoms with Gasteiger partial charge in [-0.2, -0.15) is 0 Å². The molecule has 1 unspecified atom stereocenters. The van der Waals surface area contributed by atoms with Crippen molar-refractivity contribution in [2.45, 2.75) is 51.2 Å². The summed E-state index contributed by atoms with van der Waals surface area (Å²) in [4.78, 5) is 34.6. The fraction of sp³-hybridized carbons (Fsp3) is 0.525. The Morgan fingerprint density at radius 1 is 0.870 bits per heavy atom. The molecule has 54 heavy (non-hydrogen) atoms. The van der Waals surface area contributed by atoms with E-state index in [0.717, 1.165) is 65.9 Å². The van der Waals surface area contributed by atoms with E-state index in [0.29, 0.717) is 85.0 Å². The number of rotatable bonds is 23. The van der Waals surface area contributed by atoms with Crippen molar-refractivity contribution in [3.05, 3.63) is 82.4 Å². The third-order valence-electron chi connectivity index (χ3n) is 9.50. The number of piperazine rings is 1. The maximum Gasteiger partial charge on any atom is 0.294 e. The molecule has 1 fully saturated rings. The van der Waals surface area contributed by atoms with Crippen molar-refractivity contribution in [1.82, 2.24) is 4.90 Å². The first-order valence-electron chi connectivity index (χ1n) is 18.8. The van der Waals surface area contributed by atoms with Crippen LogP contribution in [0.15, 0.2) is 66.7 Å². The van der Waals surface area contributed by atoms with Gasteiger partial charge in [0.25, 0.3) is 5.09 Å². The SMILES string of the molecule is COCCCN1CCOc2ccc(OCC3CN(C(=O)CCCCCO[N+](=O)[O-])CCN3c3ccc(OCCCOCc4ccccc4OC)cc3)cc21. The molecule has 2 aliphatic rings. The number of benzene rings is 3. The first-order chi connectivity index (χ1) is 26.4. The highest BCUT2D eigenvalue weighted by molar-refractivity contribution is 5.76. The van der Waals surface area contributed by atoms with E-state index >= 15 is 0 Å². The monoisotopic (exact) mass is 750 g/mol. The van der Waals surface area contributed by atoms with Crippen molar-refractivity contribution in [3.63, 3.8) is 0 Å². The molecule has 0 bridgehead atoms. The molecule has 1 atom stereocenters. The second kappa shape index (κ2) is 21.7. The zero-order chi connectivity index (χ0) is 38.0. The fourth-order valence-corrected chi connectivity index (χ4v) is 6.67. The van der Waals surface area contributed by atoms with Crippen LogP contribution >= 0.6 is 0 Å². The molecule has 2 heterocycles. The summed E-state index contributed by atoms with van der Waals surface area (Å²) in [7, 11) is 3.37. The number of hydrogen-bond acceptors (Lipinski definition) is 12. The van der Waals surface area contributed by atoms with Crippen molar-refractivity contribution in [2.24, 2.45) is 0 Å². The highest BCUT2D eigenvalue weighted by atomic mass is 16.9. The Bertz CT molecular complexity index is 1590. The molecule has 0 spiro atoms. The summed E-state index contributed by atoms with van der Waals surface area (Å²) in [5.41, 5.74) is 3.05. The lowest BCUT2D eigenvalue weighted by Crippen LogP contribution is -2.57. The van der Waals surface area contributed by atoms with E-state index < -0.39 is 5.09 Å². The molecule has 0 saturated carbocycles. The van der Waals surface area contributed by atoms with Gasteiger partial charge in [0.05, 0.1) is 51.8 Å². The van der Waals surface area contributed by atoms with Crippen LogP contribution in [0.3, 0.4) is 0 Å². The van der Waals surface area contributed by atoms with Gasteiger partial charge in [-0.15, -0.1) is 10.1 Å². The average Bonchev–Trinajstić information content (AvgIpc) is 3.20. The third kappa shape index (κ3) is 12.3. The lowest BCUT2D eigenvalue weighted by molar-refractivity contribution is -0.757. The minimum Gasteiger partial charge on any atom is -0.496 e. The molecule has 3 aromatic carbocycles. The van der Waals surface area contributed by atoms with Crippen molar-refractivity contribution in [2.75, 3.05) is 96.4 Å². The van der Waals surface area contributed by atoms with Gasteiger partial charge in [-0.3, -0.25) is 4.79 Å². The topological polar surface area (TPSA) is 135 Å². The van der Waals surface area contributed by atoms with E-state index in [1.807, 2.05) is 59.5 Å². The predicted octanol–water partition coefficient (Wildman–Crippen LogP) is 5.78. The second-order valence-electron chi connectivity index (χ2n) is 13.2. The predicted molar refractivity (Wildman–Crippen MR) is 204 cm³/mol. The molecular weight excluding hydrogens is 696 g/mol. The first kappa shape index (κ1) is 40.2. The largest absolute Gasteiger partial charge is 0.496 e. The Hall–Kier alpha value is -4.95. The van der Waals surface area contributed by atoms with E-state index in [9.17, 15) is 14.9 Å². The zero-order valence-electron chi connectivity index (χ0n) is 31.5. The van der Waals surface area contributed by atoms with Crippen LogP contribution in [0.2, 0.25) is 0 Å². The number of fused-ring (bicyclic) bond motifs is 1. The molecule has 2 aliphatic heterocycles. The van der Waals surface area contributed by atoms with E-state index in [1.54, 1.807) is 14.2 Å². The molecule has 0 N–H and O–H groups in total. The number of carbonyl (C=O) groups excluding carboxylic acids is 1. The summed E-state index contributed by atoms with van der Waals surface area (Å²) in [5, 5.41) is 9.62. The van der Waals surface area contributed by atoms with Gasteiger partial charge in [-0.05, 0) is 61.7 Å². The van der Waals surface area contributed by atoms with Crippen LogP contribution in [-0.2, 0) is 25.7 Å². The Morgan fingerprint density at radius 2 is 1.70 bits per heavy atom. The minimum atomic E-state index is -0.784. The van der Waals surface area contributed by atoms with Gasteiger partial charge in [0.15, 0.2) is 0 Å². The molecule has 5 rings (SSSR count). The summed E-state index contributed by atoms with van der Waals surface area (Å²) in [6, 6.07) is 21.7. The maximum absolute atomic E-state index is 13.3. The highest BCUT2D eigenvalue weighted by Gasteiger charge is 2.30. The Morgan fingerprint density at radius 3 is 2.52 bits per heavy atom. The molecule has 1 amide bonds. The third-order valence-corrected chi connectivity index (χ3v) is 9.50. The van der Waals surface area contributed by atoms with Crippen LogP contribution in [0.4, 0.5) is 11.4 Å². The van der Waals surface area contributed by atoms with Gasteiger partial charge < -0.3 is 48.0 Å². The fourth-order valence-electron chi connectivity index (χ4n) is 6.67. The smallest absolute Gasteiger partial charge is 0.294 e. The van der Waals surface area contributed by atoms with Crippen LogP contribution in [-0.4, -0.2) is 109 Å². The Balaban J connectivity index is 1.17. The number of amides is 1. The van der Waals surface area contributed by atoms with Gasteiger partial charge >= 0.3 is 0 Å². The number of anilines is 2. The average molecular weight is 751 g/mol. The van der Waals surface area contributed by atoms with Crippen molar-refractivity contribution < 1.29 is 43.1 Å². The van der Waals surface area contributed by atoms with Gasteiger partial charge in [-0.25, -0.2) is 0 Å². The highest BCUT2D eigenvalue weighted by Crippen LogP contribution is 2.35. The van der Waals surface area contributed by atoms with E-state index in [4.69, 9.17) is 28.4 Å². The van der Waals surface area contributed by atoms with E-state index in [-0.39, 0.29) is 18.6 Å². The molecular formula is C40H54N4O10. The van der Waals surface area contributed by atoms with Gasteiger partial charge in [0.2, 0.25) is 5.91 Å². The number of para-hydroxylation sites is 1. The van der Waals surface area contributed by atoms with Crippen molar-refractivity contribution in [3.8, 4) is 23.0 Å². The van der Waals surface area contributed by atoms with Crippen molar-refractivity contribution in [1.29, 1.82) is 0 Å². The zero-order valence-corrected chi connectivity index (χ0v) is 31.5. The molecule has 1 saturated heterocycles. The standard InChI is InChI=1S/C40H54N4O10/c1-48-23-8-19-41-22-27-52-39-18-17-36(28-37(39)41)53-31-34-29-42(40(45)12-4-3-7-26-54-44(46)47)20-21-43(34)33-13-15-35(16-14-33)51-25-9-24-50-30-32-10-5-6-11-38(32)49-2/h5-6,10-11,13-18,28,34H,3-4,7-9,12,19-27,29-31H2,1-2H3. The molecule has 14 nitrogen and oxygen atoms in total. The number of carbonyl (C=O) groups is 1. The van der Waals surface area contributed by atoms with Crippen LogP contribution < -0.4 is 28.7 Å². The second-order valence-corrected chi connectivity index (χ2v) is 13.2. The lowest BCUT2D eigenvalue weighted by Gasteiger charge is -2.42. The van der Waals surface area contributed by atoms with Crippen LogP contribution in [0.5, 0.6) is 23.0 Å². The summed E-state index contributed by atoms with van der Waals surface area (Å²) in [5.74, 6) is 3.25. The van der Waals surface area contributed by atoms with Crippen LogP contribution in [0.25, 0.3) is 0 Å². The molecule has 3 aromatic rings. The minimum absolute atomic E-state index is 0.0437. The quantitative estimate of drug-likeness (QED) is 0.0661. The van der Waals surface area contributed by atoms with Gasteiger partial charge in [0, 0.05) is 70.1 Å². The molecule has 0 aromatic heterocycles. The Kier molecular flexibility index (Phi) is 16.2. The van der Waals surface area contributed by atoms with Gasteiger partial charge in [0.1, 0.15) is 36.2 Å². The maximum atomic E-state index is 13.3. The lowest BCUT2D eigenvalue weighted by atomic mass is 10.1. The molecule has 0 radical (unpaired) electrons. The Labute approximate surface area is 317 Å². The number of ether oxygens (including phenoxy) is 6. The summed E-state index contributed by atoms with van der Waals surface area (Å²) >= 11 is 0. The number of hydrogen-bond donors (Lipinski definition) is 0.